The van der Waals surface area contributed by atoms with E-state index in [4.69, 9.17) is 0 Å². The quantitative estimate of drug-likeness (QED) is 0.918. The van der Waals surface area contributed by atoms with Gasteiger partial charge in [0.2, 0.25) is 0 Å². The molecule has 2 aromatic rings. The number of aliphatic carboxylic acids is 1. The molecule has 0 aliphatic carbocycles. The largest absolute Gasteiger partial charge is 0.481 e. The van der Waals surface area contributed by atoms with Gasteiger partial charge in [0.15, 0.2) is 0 Å². The Kier molecular flexibility index (Phi) is 4.65. The van der Waals surface area contributed by atoms with Crippen LogP contribution in [0.3, 0.4) is 0 Å². The summed E-state index contributed by atoms with van der Waals surface area (Å²) in [5.74, 6) is -1.71. The third-order valence-electron chi connectivity index (χ3n) is 5.23. The molecule has 2 heterocycles. The summed E-state index contributed by atoms with van der Waals surface area (Å²) < 4.78 is 2.00. The highest BCUT2D eigenvalue weighted by molar-refractivity contribution is 5.95. The van der Waals surface area contributed by atoms with Gasteiger partial charge in [0, 0.05) is 36.9 Å². The number of aromatic nitrogens is 1. The van der Waals surface area contributed by atoms with Gasteiger partial charge >= 0.3 is 5.97 Å². The Labute approximate surface area is 154 Å². The summed E-state index contributed by atoms with van der Waals surface area (Å²) in [4.78, 5) is 26.4. The zero-order chi connectivity index (χ0) is 19.1. The van der Waals surface area contributed by atoms with E-state index in [9.17, 15) is 14.7 Å². The van der Waals surface area contributed by atoms with Crippen molar-refractivity contribution in [3.8, 4) is 0 Å². The van der Waals surface area contributed by atoms with Gasteiger partial charge in [-0.05, 0) is 44.9 Å². The number of nitrogens with zero attached hydrogens (tertiary/aromatic N) is 2. The number of likely N-dealkylation sites (tertiary alicyclic amines) is 1. The summed E-state index contributed by atoms with van der Waals surface area (Å²) in [7, 11) is 0. The number of amides is 1. The van der Waals surface area contributed by atoms with E-state index >= 15 is 0 Å². The SMILES string of the molecule is Cc1ccccc1[C@@H]1CN(C(=O)c2ccn(C(C)(C)C)c2)C[C@H]1C(=O)O. The van der Waals surface area contributed by atoms with Crippen molar-refractivity contribution in [2.45, 2.75) is 39.2 Å². The van der Waals surface area contributed by atoms with Crippen LogP contribution >= 0.6 is 0 Å². The molecule has 1 amide bonds. The maximum atomic E-state index is 12.9. The number of carbonyl (C=O) groups is 2. The van der Waals surface area contributed by atoms with E-state index in [0.29, 0.717) is 12.1 Å². The Morgan fingerprint density at radius 1 is 1.12 bits per heavy atom. The molecule has 1 aliphatic heterocycles. The predicted octanol–water partition coefficient (Wildman–Crippen LogP) is 3.49. The van der Waals surface area contributed by atoms with Crippen LogP contribution in [0.25, 0.3) is 0 Å². The molecule has 1 fully saturated rings. The second-order valence-electron chi connectivity index (χ2n) is 8.10. The molecule has 138 valence electrons. The van der Waals surface area contributed by atoms with Crippen molar-refractivity contribution >= 4 is 11.9 Å². The van der Waals surface area contributed by atoms with Crippen LogP contribution in [0.5, 0.6) is 0 Å². The fraction of sp³-hybridized carbons (Fsp3) is 0.429. The number of rotatable bonds is 3. The number of hydrogen-bond acceptors (Lipinski definition) is 2. The van der Waals surface area contributed by atoms with Gasteiger partial charge in [-0.1, -0.05) is 24.3 Å². The summed E-state index contributed by atoms with van der Waals surface area (Å²) in [6.07, 6.45) is 3.75. The number of aryl methyl sites for hydroxylation is 1. The zero-order valence-electron chi connectivity index (χ0n) is 15.8. The van der Waals surface area contributed by atoms with Crippen molar-refractivity contribution in [1.82, 2.24) is 9.47 Å². The summed E-state index contributed by atoms with van der Waals surface area (Å²) >= 11 is 0. The highest BCUT2D eigenvalue weighted by Crippen LogP contribution is 2.35. The molecule has 2 atom stereocenters. The van der Waals surface area contributed by atoms with E-state index in [0.717, 1.165) is 11.1 Å². The lowest BCUT2D eigenvalue weighted by molar-refractivity contribution is -0.141. The summed E-state index contributed by atoms with van der Waals surface area (Å²) in [6.45, 7) is 8.89. The second kappa shape index (κ2) is 6.63. The third kappa shape index (κ3) is 3.39. The Balaban J connectivity index is 1.86. The van der Waals surface area contributed by atoms with Gasteiger partial charge in [-0.15, -0.1) is 0 Å². The van der Waals surface area contributed by atoms with E-state index in [1.54, 1.807) is 4.90 Å². The molecule has 1 aliphatic rings. The highest BCUT2D eigenvalue weighted by atomic mass is 16.4. The van der Waals surface area contributed by atoms with E-state index in [1.165, 1.54) is 0 Å². The van der Waals surface area contributed by atoms with Crippen LogP contribution in [0.2, 0.25) is 0 Å². The first kappa shape index (κ1) is 18.2. The molecule has 5 nitrogen and oxygen atoms in total. The smallest absolute Gasteiger partial charge is 0.308 e. The Bertz CT molecular complexity index is 832. The van der Waals surface area contributed by atoms with Crippen LogP contribution in [0.15, 0.2) is 42.7 Å². The molecule has 0 bridgehead atoms. The maximum Gasteiger partial charge on any atom is 0.308 e. The fourth-order valence-corrected chi connectivity index (χ4v) is 3.66. The van der Waals surface area contributed by atoms with Crippen molar-refractivity contribution in [2.75, 3.05) is 13.1 Å². The van der Waals surface area contributed by atoms with Crippen LogP contribution in [0, 0.1) is 12.8 Å². The summed E-state index contributed by atoms with van der Waals surface area (Å²) in [5.41, 5.74) is 2.59. The molecule has 5 heteroatoms. The van der Waals surface area contributed by atoms with Crippen LogP contribution in [0.4, 0.5) is 0 Å². The van der Waals surface area contributed by atoms with Crippen LogP contribution in [0.1, 0.15) is 48.2 Å². The van der Waals surface area contributed by atoms with Crippen molar-refractivity contribution in [3.05, 3.63) is 59.4 Å². The first-order chi connectivity index (χ1) is 12.2. The van der Waals surface area contributed by atoms with Gasteiger partial charge in [-0.25, -0.2) is 0 Å². The minimum atomic E-state index is -0.846. The first-order valence-corrected chi connectivity index (χ1v) is 8.94. The summed E-state index contributed by atoms with van der Waals surface area (Å²) in [5, 5.41) is 9.67. The van der Waals surface area contributed by atoms with Crippen LogP contribution in [-0.4, -0.2) is 39.5 Å². The zero-order valence-corrected chi connectivity index (χ0v) is 15.8. The molecule has 1 N–H and O–H groups in total. The van der Waals surface area contributed by atoms with Crippen molar-refractivity contribution in [1.29, 1.82) is 0 Å². The Morgan fingerprint density at radius 3 is 2.38 bits per heavy atom. The first-order valence-electron chi connectivity index (χ1n) is 8.94. The van der Waals surface area contributed by atoms with Crippen molar-refractivity contribution < 1.29 is 14.7 Å². The Morgan fingerprint density at radius 2 is 1.81 bits per heavy atom. The summed E-state index contributed by atoms with van der Waals surface area (Å²) in [6, 6.07) is 9.64. The van der Waals surface area contributed by atoms with Crippen molar-refractivity contribution in [2.24, 2.45) is 5.92 Å². The molecule has 0 radical (unpaired) electrons. The molecule has 1 aromatic carbocycles. The van der Waals surface area contributed by atoms with Crippen LogP contribution in [-0.2, 0) is 10.3 Å². The van der Waals surface area contributed by atoms with E-state index in [-0.39, 0.29) is 23.9 Å². The van der Waals surface area contributed by atoms with Gasteiger partial charge in [0.25, 0.3) is 5.91 Å². The van der Waals surface area contributed by atoms with Gasteiger partial charge in [-0.2, -0.15) is 0 Å². The molecule has 0 saturated carbocycles. The number of benzene rings is 1. The average molecular weight is 354 g/mol. The normalized spacial score (nSPS) is 20.4. The standard InChI is InChI=1S/C21H26N2O3/c1-14-7-5-6-8-16(14)17-12-22(13-18(17)20(25)26)19(24)15-9-10-23(11-15)21(2,3)4/h5-11,17-18H,12-13H2,1-4H3,(H,25,26)/t17-,18+/m0/s1. The molecule has 26 heavy (non-hydrogen) atoms. The van der Waals surface area contributed by atoms with Gasteiger partial charge < -0.3 is 14.6 Å². The number of hydrogen-bond donors (Lipinski definition) is 1. The maximum absolute atomic E-state index is 12.9. The molecule has 0 spiro atoms. The Hall–Kier alpha value is -2.56. The number of carbonyl (C=O) groups excluding carboxylic acids is 1. The second-order valence-corrected chi connectivity index (χ2v) is 8.10. The average Bonchev–Trinajstić information content (AvgIpc) is 3.22. The molecular formula is C21H26N2O3. The monoisotopic (exact) mass is 354 g/mol. The van der Waals surface area contributed by atoms with E-state index in [1.807, 2.05) is 54.2 Å². The van der Waals surface area contributed by atoms with Gasteiger partial charge in [0.05, 0.1) is 11.5 Å². The minimum Gasteiger partial charge on any atom is -0.481 e. The minimum absolute atomic E-state index is 0.100. The number of carboxylic acid groups (broad SMARTS) is 1. The highest BCUT2D eigenvalue weighted by Gasteiger charge is 2.41. The van der Waals surface area contributed by atoms with Crippen molar-refractivity contribution in [3.63, 3.8) is 0 Å². The third-order valence-corrected chi connectivity index (χ3v) is 5.23. The van der Waals surface area contributed by atoms with E-state index < -0.39 is 11.9 Å². The number of carboxylic acids is 1. The van der Waals surface area contributed by atoms with Gasteiger partial charge in [0.1, 0.15) is 0 Å². The molecule has 1 saturated heterocycles. The topological polar surface area (TPSA) is 62.5 Å². The lowest BCUT2D eigenvalue weighted by Crippen LogP contribution is -2.30. The van der Waals surface area contributed by atoms with Gasteiger partial charge in [-0.3, -0.25) is 9.59 Å². The molecular weight excluding hydrogens is 328 g/mol. The lowest BCUT2D eigenvalue weighted by atomic mass is 9.86. The molecule has 0 unspecified atom stereocenters. The fourth-order valence-electron chi connectivity index (χ4n) is 3.66. The molecule has 1 aromatic heterocycles. The lowest BCUT2D eigenvalue weighted by Gasteiger charge is -2.21. The molecule has 3 rings (SSSR count). The van der Waals surface area contributed by atoms with Crippen LogP contribution < -0.4 is 0 Å². The predicted molar refractivity (Wildman–Crippen MR) is 100 cm³/mol. The van der Waals surface area contributed by atoms with E-state index in [2.05, 4.69) is 20.8 Å².